The number of nitrogens with zero attached hydrogens (tertiary/aromatic N) is 7. The Bertz CT molecular complexity index is 1470. The Labute approximate surface area is 224 Å². The van der Waals surface area contributed by atoms with Crippen LogP contribution >= 0.6 is 0 Å². The summed E-state index contributed by atoms with van der Waals surface area (Å²) in [4.78, 5) is 18.5. The Morgan fingerprint density at radius 2 is 1.62 bits per heavy atom. The van der Waals surface area contributed by atoms with E-state index in [0.29, 0.717) is 25.0 Å². The average Bonchev–Trinajstić information content (AvgIpc) is 2.93. The van der Waals surface area contributed by atoms with Gasteiger partial charge in [-0.1, -0.05) is 6.42 Å². The number of aromatic nitrogens is 6. The summed E-state index contributed by atoms with van der Waals surface area (Å²) in [7, 11) is 0. The maximum atomic E-state index is 14.0. The van der Waals surface area contributed by atoms with Crippen molar-refractivity contribution in [2.45, 2.75) is 31.6 Å². The maximum absolute atomic E-state index is 14.0. The van der Waals surface area contributed by atoms with Gasteiger partial charge in [0.2, 0.25) is 0 Å². The van der Waals surface area contributed by atoms with Crippen molar-refractivity contribution in [3.05, 3.63) is 54.0 Å². The van der Waals surface area contributed by atoms with Crippen molar-refractivity contribution in [2.24, 2.45) is 0 Å². The third-order valence-electron chi connectivity index (χ3n) is 6.33. The van der Waals surface area contributed by atoms with E-state index in [2.05, 4.69) is 45.7 Å². The first kappa shape index (κ1) is 27.4. The number of rotatable bonds is 7. The quantitative estimate of drug-likeness (QED) is 0.280. The third-order valence-corrected chi connectivity index (χ3v) is 6.33. The third kappa shape index (κ3) is 6.35. The Morgan fingerprint density at radius 1 is 0.825 bits per heavy atom. The number of likely N-dealkylation sites (tertiary alicyclic amines) is 1. The molecule has 40 heavy (non-hydrogen) atoms. The minimum atomic E-state index is -4.74. The predicted octanol–water partition coefficient (Wildman–Crippen LogP) is 5.56. The van der Waals surface area contributed by atoms with E-state index >= 15 is 0 Å². The molecule has 4 aromatic rings. The summed E-state index contributed by atoms with van der Waals surface area (Å²) in [6.45, 7) is 3.04. The van der Waals surface area contributed by atoms with E-state index in [1.807, 2.05) is 0 Å². The molecule has 0 amide bonds. The second kappa shape index (κ2) is 11.2. The van der Waals surface area contributed by atoms with E-state index < -0.39 is 29.2 Å². The van der Waals surface area contributed by atoms with Crippen LogP contribution in [0.2, 0.25) is 0 Å². The molecule has 0 unspecified atom stereocenters. The fraction of sp³-hybridized carbons (Fsp3) is 0.360. The first-order valence-electron chi connectivity index (χ1n) is 12.4. The van der Waals surface area contributed by atoms with Gasteiger partial charge in [-0.15, -0.1) is 10.2 Å². The number of hydrogen-bond acceptors (Lipinski definition) is 9. The molecule has 5 heterocycles. The number of nitrogens with one attached hydrogen (secondary N) is 2. The average molecular weight is 564 g/mol. The Balaban J connectivity index is 1.38. The fourth-order valence-electron chi connectivity index (χ4n) is 4.32. The van der Waals surface area contributed by atoms with Gasteiger partial charge in [-0.3, -0.25) is 0 Å². The highest BCUT2D eigenvalue weighted by atomic mass is 19.4. The predicted molar refractivity (Wildman–Crippen MR) is 135 cm³/mol. The number of fused-ring (bicyclic) bond motifs is 1. The molecule has 2 N–H and O–H groups in total. The lowest BCUT2D eigenvalue weighted by Crippen LogP contribution is -2.33. The van der Waals surface area contributed by atoms with Crippen LogP contribution in [0.25, 0.3) is 22.6 Å². The summed E-state index contributed by atoms with van der Waals surface area (Å²) in [5, 5.41) is 13.5. The van der Waals surface area contributed by atoms with Crippen molar-refractivity contribution in [3.63, 3.8) is 0 Å². The molecule has 0 saturated carbocycles. The summed E-state index contributed by atoms with van der Waals surface area (Å²) in [5.74, 6) is 0.0930. The number of pyridine rings is 2. The molecule has 9 nitrogen and oxygen atoms in total. The molecule has 5 rings (SSSR count). The van der Waals surface area contributed by atoms with E-state index in [0.717, 1.165) is 50.3 Å². The molecule has 1 fully saturated rings. The highest BCUT2D eigenvalue weighted by Gasteiger charge is 2.36. The van der Waals surface area contributed by atoms with Crippen molar-refractivity contribution >= 4 is 28.5 Å². The lowest BCUT2D eigenvalue weighted by molar-refractivity contribution is -0.138. The van der Waals surface area contributed by atoms with Gasteiger partial charge >= 0.3 is 12.4 Å². The summed E-state index contributed by atoms with van der Waals surface area (Å²) in [6, 6.07) is 4.39. The lowest BCUT2D eigenvalue weighted by Gasteiger charge is -2.26. The molecular formula is C25H23F6N9. The van der Waals surface area contributed by atoms with Crippen molar-refractivity contribution < 1.29 is 26.3 Å². The van der Waals surface area contributed by atoms with Crippen molar-refractivity contribution in [2.75, 3.05) is 36.8 Å². The standard InChI is InChI=1S/C25H23F6N9/c26-24(27,28)15-4-5-19(34-13-15)36-17-6-7-33-23-22(17)35-14-18(37-23)21-16(25(29,30)31)12-20(38-39-21)32-8-11-40-9-2-1-3-10-40/h4-7,12-14H,1-3,8-11H2,(H,32,38)(H,33,34,36,37). The van der Waals surface area contributed by atoms with Gasteiger partial charge in [0.25, 0.3) is 0 Å². The number of hydrogen-bond donors (Lipinski definition) is 2. The SMILES string of the molecule is FC(F)(F)c1ccc(Nc2ccnc3nc(-c4nnc(NCCN5CCCCC5)cc4C(F)(F)F)cnc23)nc1. The van der Waals surface area contributed by atoms with E-state index in [1.165, 1.54) is 18.7 Å². The van der Waals surface area contributed by atoms with Crippen LogP contribution in [-0.2, 0) is 12.4 Å². The summed E-state index contributed by atoms with van der Waals surface area (Å²) < 4.78 is 80.4. The van der Waals surface area contributed by atoms with Crippen molar-refractivity contribution in [1.82, 2.24) is 35.0 Å². The molecule has 1 aliphatic rings. The molecule has 0 aliphatic carbocycles. The fourth-order valence-corrected chi connectivity index (χ4v) is 4.32. The van der Waals surface area contributed by atoms with Crippen LogP contribution < -0.4 is 10.6 Å². The molecule has 0 bridgehead atoms. The van der Waals surface area contributed by atoms with Crippen LogP contribution in [0.3, 0.4) is 0 Å². The molecule has 1 aliphatic heterocycles. The Kier molecular flexibility index (Phi) is 7.65. The number of piperidine rings is 1. The molecule has 210 valence electrons. The topological polar surface area (TPSA) is 105 Å². The minimum absolute atomic E-state index is 0.00418. The normalized spacial score (nSPS) is 14.8. The van der Waals surface area contributed by atoms with Crippen molar-refractivity contribution in [1.29, 1.82) is 0 Å². The molecule has 0 radical (unpaired) electrons. The molecule has 0 spiro atoms. The highest BCUT2D eigenvalue weighted by Crippen LogP contribution is 2.36. The first-order valence-corrected chi connectivity index (χ1v) is 12.4. The van der Waals surface area contributed by atoms with Crippen LogP contribution in [0.15, 0.2) is 42.9 Å². The van der Waals surface area contributed by atoms with Crippen molar-refractivity contribution in [3.8, 4) is 11.4 Å². The van der Waals surface area contributed by atoms with Crippen LogP contribution in [0.1, 0.15) is 30.4 Å². The van der Waals surface area contributed by atoms with Gasteiger partial charge in [0.05, 0.1) is 23.0 Å². The maximum Gasteiger partial charge on any atom is 0.418 e. The zero-order chi connectivity index (χ0) is 28.3. The highest BCUT2D eigenvalue weighted by molar-refractivity contribution is 5.87. The van der Waals surface area contributed by atoms with E-state index in [1.54, 1.807) is 0 Å². The molecular weight excluding hydrogens is 540 g/mol. The van der Waals surface area contributed by atoms with Crippen LogP contribution in [0.5, 0.6) is 0 Å². The summed E-state index contributed by atoms with van der Waals surface area (Å²) in [5.41, 5.74) is -2.17. The smallest absolute Gasteiger partial charge is 0.367 e. The zero-order valence-electron chi connectivity index (χ0n) is 20.9. The Morgan fingerprint density at radius 3 is 2.33 bits per heavy atom. The van der Waals surface area contributed by atoms with E-state index in [-0.39, 0.29) is 28.5 Å². The van der Waals surface area contributed by atoms with Gasteiger partial charge in [-0.05, 0) is 50.2 Å². The van der Waals surface area contributed by atoms with Gasteiger partial charge in [0.15, 0.2) is 5.65 Å². The molecule has 1 saturated heterocycles. The van der Waals surface area contributed by atoms with Gasteiger partial charge in [-0.25, -0.2) is 19.9 Å². The first-order chi connectivity index (χ1) is 19.1. The van der Waals surface area contributed by atoms with Crippen LogP contribution in [-0.4, -0.2) is 61.2 Å². The Hall–Kier alpha value is -4.14. The molecule has 4 aromatic heterocycles. The largest absolute Gasteiger partial charge is 0.418 e. The zero-order valence-corrected chi connectivity index (χ0v) is 20.9. The van der Waals surface area contributed by atoms with E-state index in [9.17, 15) is 26.3 Å². The van der Waals surface area contributed by atoms with Gasteiger partial charge < -0.3 is 15.5 Å². The lowest BCUT2D eigenvalue weighted by atomic mass is 10.1. The summed E-state index contributed by atoms with van der Waals surface area (Å²) in [6.07, 6.45) is -2.74. The van der Waals surface area contributed by atoms with Gasteiger partial charge in [0.1, 0.15) is 28.5 Å². The summed E-state index contributed by atoms with van der Waals surface area (Å²) >= 11 is 0. The van der Waals surface area contributed by atoms with Gasteiger partial charge in [0, 0.05) is 25.5 Å². The number of anilines is 3. The van der Waals surface area contributed by atoms with E-state index in [4.69, 9.17) is 0 Å². The second-order valence-electron chi connectivity index (χ2n) is 9.16. The van der Waals surface area contributed by atoms with Gasteiger partial charge in [-0.2, -0.15) is 26.3 Å². The molecule has 0 aromatic carbocycles. The number of halogens is 6. The molecule has 15 heteroatoms. The van der Waals surface area contributed by atoms with Crippen LogP contribution in [0, 0.1) is 0 Å². The minimum Gasteiger partial charge on any atom is -0.367 e. The second-order valence-corrected chi connectivity index (χ2v) is 9.16. The van der Waals surface area contributed by atoms with Crippen LogP contribution in [0.4, 0.5) is 43.7 Å². The monoisotopic (exact) mass is 563 g/mol. The molecule has 0 atom stereocenters. The number of alkyl halides is 6.